The van der Waals surface area contributed by atoms with Crippen molar-refractivity contribution >= 4 is 35.2 Å². The first-order valence-electron chi connectivity index (χ1n) is 12.1. The number of nitrogens with one attached hydrogen (secondary N) is 3. The minimum atomic E-state index is -1.27. The normalized spacial score (nSPS) is 13.0. The van der Waals surface area contributed by atoms with E-state index in [1.165, 1.54) is 6.92 Å². The predicted octanol–water partition coefficient (Wildman–Crippen LogP) is 1.73. The van der Waals surface area contributed by atoms with Gasteiger partial charge in [0.05, 0.1) is 34.6 Å². The molecule has 2 rings (SSSR count). The fraction of sp³-hybridized carbons (Fsp3) is 0.400. The summed E-state index contributed by atoms with van der Waals surface area (Å²) in [5, 5.41) is 29.9. The van der Waals surface area contributed by atoms with Gasteiger partial charge in [0, 0.05) is 19.2 Å². The molecule has 39 heavy (non-hydrogen) atoms. The number of carbonyl (C=O) groups excluding carboxylic acids is 3. The van der Waals surface area contributed by atoms with E-state index in [2.05, 4.69) is 16.0 Å². The largest absolute Gasteiger partial charge is 0.377 e. The van der Waals surface area contributed by atoms with E-state index in [-0.39, 0.29) is 12.2 Å². The van der Waals surface area contributed by atoms with Gasteiger partial charge in [-0.1, -0.05) is 30.3 Å². The number of nitrogens with two attached hydrogens (primary N) is 1. The molecule has 0 saturated carbocycles. The maximum absolute atomic E-state index is 12.7. The number of ether oxygens (including phenoxy) is 1. The molecule has 0 aliphatic carbocycles. The van der Waals surface area contributed by atoms with Crippen molar-refractivity contribution in [3.05, 3.63) is 74.3 Å². The molecule has 0 aromatic heterocycles. The summed E-state index contributed by atoms with van der Waals surface area (Å²) in [6.07, 6.45) is 3.16. The highest BCUT2D eigenvalue weighted by molar-refractivity contribution is 5.91. The lowest BCUT2D eigenvalue weighted by Crippen LogP contribution is -2.55. The van der Waals surface area contributed by atoms with Crippen LogP contribution in [-0.4, -0.2) is 59.2 Å². The van der Waals surface area contributed by atoms with Crippen LogP contribution in [0, 0.1) is 20.2 Å². The number of benzene rings is 2. The van der Waals surface area contributed by atoms with Crippen LogP contribution in [0.3, 0.4) is 0 Å². The van der Waals surface area contributed by atoms with E-state index in [0.29, 0.717) is 32.5 Å². The van der Waals surface area contributed by atoms with Crippen LogP contribution in [0.5, 0.6) is 0 Å². The lowest BCUT2D eigenvalue weighted by Gasteiger charge is -2.22. The van der Waals surface area contributed by atoms with E-state index in [0.717, 1.165) is 23.8 Å². The molecule has 14 nitrogen and oxygen atoms in total. The Morgan fingerprint density at radius 1 is 1.03 bits per heavy atom. The summed E-state index contributed by atoms with van der Waals surface area (Å²) >= 11 is 0. The van der Waals surface area contributed by atoms with Crippen LogP contribution in [0.25, 0.3) is 0 Å². The molecule has 0 bridgehead atoms. The standard InChI is InChI=1S/C25H31N6O8/c1-17(15-32)28-25(34)22(14-27-21-11-10-19(30(35)36)13-23(21)31(37)38)29-24(33)20(26)9-5-6-12-39-16-18-7-3-2-4-8-18/h2-4,7-8,10-11,13,17,20,22,27H,5-6,9,12,14,16,26H2,1H3,(H,28,34)(H,29,33)/t17-,20-,22-/m0/s1. The van der Waals surface area contributed by atoms with Crippen molar-refractivity contribution < 1.29 is 29.0 Å². The number of non-ortho nitro benzene ring substituents is 1. The molecule has 0 heterocycles. The third-order valence-electron chi connectivity index (χ3n) is 5.56. The Balaban J connectivity index is 1.94. The number of anilines is 1. The first kappa shape index (κ1) is 30.8. The molecule has 0 spiro atoms. The number of hydrogen-bond donors (Lipinski definition) is 4. The average Bonchev–Trinajstić information content (AvgIpc) is 2.92. The molecule has 3 atom stereocenters. The Morgan fingerprint density at radius 2 is 1.74 bits per heavy atom. The van der Waals surface area contributed by atoms with E-state index in [1.54, 1.807) is 6.29 Å². The predicted molar refractivity (Wildman–Crippen MR) is 141 cm³/mol. The van der Waals surface area contributed by atoms with E-state index in [9.17, 15) is 34.6 Å². The summed E-state index contributed by atoms with van der Waals surface area (Å²) in [5.41, 5.74) is 5.87. The zero-order chi connectivity index (χ0) is 28.8. The molecule has 14 heteroatoms. The van der Waals surface area contributed by atoms with Gasteiger partial charge in [-0.3, -0.25) is 34.6 Å². The topological polar surface area (TPSA) is 209 Å². The average molecular weight is 544 g/mol. The van der Waals surface area contributed by atoms with Gasteiger partial charge in [-0.15, -0.1) is 0 Å². The number of nitrogens with zero attached hydrogens (tertiary/aromatic N) is 2. The quantitative estimate of drug-likeness (QED) is 0.129. The van der Waals surface area contributed by atoms with Crippen molar-refractivity contribution in [3.63, 3.8) is 0 Å². The molecule has 0 unspecified atom stereocenters. The number of unbranched alkanes of at least 4 members (excludes halogenated alkanes) is 1. The third kappa shape index (κ3) is 10.5. The molecule has 0 fully saturated rings. The first-order valence-corrected chi connectivity index (χ1v) is 12.1. The Bertz CT molecular complexity index is 1150. The van der Waals surface area contributed by atoms with E-state index < -0.39 is 51.2 Å². The summed E-state index contributed by atoms with van der Waals surface area (Å²) in [5.74, 6) is -1.39. The fourth-order valence-corrected chi connectivity index (χ4v) is 3.44. The van der Waals surface area contributed by atoms with Crippen molar-refractivity contribution in [2.75, 3.05) is 18.5 Å². The zero-order valence-corrected chi connectivity index (χ0v) is 21.3. The minimum Gasteiger partial charge on any atom is -0.377 e. The lowest BCUT2D eigenvalue weighted by atomic mass is 10.1. The number of hydrogen-bond acceptors (Lipinski definition) is 10. The number of amides is 2. The van der Waals surface area contributed by atoms with E-state index >= 15 is 0 Å². The third-order valence-corrected chi connectivity index (χ3v) is 5.56. The summed E-state index contributed by atoms with van der Waals surface area (Å²) < 4.78 is 5.61. The van der Waals surface area contributed by atoms with Crippen LogP contribution < -0.4 is 21.7 Å². The molecule has 2 aromatic rings. The Kier molecular flexibility index (Phi) is 12.4. The number of rotatable bonds is 17. The van der Waals surface area contributed by atoms with Crippen molar-refractivity contribution in [2.24, 2.45) is 5.73 Å². The molecule has 2 aromatic carbocycles. The van der Waals surface area contributed by atoms with Crippen molar-refractivity contribution in [3.8, 4) is 0 Å². The van der Waals surface area contributed by atoms with Crippen LogP contribution in [0.2, 0.25) is 0 Å². The van der Waals surface area contributed by atoms with Gasteiger partial charge in [-0.2, -0.15) is 0 Å². The maximum Gasteiger partial charge on any atom is 0.299 e. The van der Waals surface area contributed by atoms with Gasteiger partial charge >= 0.3 is 0 Å². The minimum absolute atomic E-state index is 0.104. The molecule has 209 valence electrons. The fourth-order valence-electron chi connectivity index (χ4n) is 3.44. The van der Waals surface area contributed by atoms with Crippen LogP contribution in [0.4, 0.5) is 17.1 Å². The van der Waals surface area contributed by atoms with E-state index in [4.69, 9.17) is 10.5 Å². The SMILES string of the molecule is C[C@@H]([C]=O)NC(=O)[C@H](CNc1ccc([N+](=O)[O-])cc1[N+](=O)[O-])NC(=O)[C@@H](N)CCCCOCc1ccccc1. The van der Waals surface area contributed by atoms with Crippen molar-refractivity contribution in [2.45, 2.75) is 50.9 Å². The molecular weight excluding hydrogens is 512 g/mol. The first-order chi connectivity index (χ1) is 18.6. The number of carbonyl (C=O) groups is 2. The van der Waals surface area contributed by atoms with Crippen LogP contribution in [0.15, 0.2) is 48.5 Å². The second kappa shape index (κ2) is 15.7. The highest BCUT2D eigenvalue weighted by Crippen LogP contribution is 2.28. The Hall–Kier alpha value is -4.43. The molecule has 5 N–H and O–H groups in total. The van der Waals surface area contributed by atoms with Gasteiger partial charge in [-0.25, -0.2) is 0 Å². The monoisotopic (exact) mass is 543 g/mol. The second-order valence-corrected chi connectivity index (χ2v) is 8.65. The summed E-state index contributed by atoms with van der Waals surface area (Å²) in [4.78, 5) is 57.0. The van der Waals surface area contributed by atoms with Gasteiger partial charge < -0.3 is 26.4 Å². The maximum atomic E-state index is 12.7. The summed E-state index contributed by atoms with van der Waals surface area (Å²) in [6, 6.07) is 9.43. The van der Waals surface area contributed by atoms with Gasteiger partial charge in [0.1, 0.15) is 11.7 Å². The van der Waals surface area contributed by atoms with Crippen LogP contribution in [0.1, 0.15) is 31.7 Å². The van der Waals surface area contributed by atoms with E-state index in [1.807, 2.05) is 30.3 Å². The molecule has 1 radical (unpaired) electrons. The Labute approximate surface area is 224 Å². The lowest BCUT2D eigenvalue weighted by molar-refractivity contribution is -0.393. The molecular formula is C25H31N6O8. The number of nitro benzene ring substituents is 2. The second-order valence-electron chi connectivity index (χ2n) is 8.65. The van der Waals surface area contributed by atoms with Crippen LogP contribution in [-0.2, 0) is 25.7 Å². The highest BCUT2D eigenvalue weighted by Gasteiger charge is 2.26. The van der Waals surface area contributed by atoms with Gasteiger partial charge in [-0.05, 0) is 37.8 Å². The molecule has 0 aliphatic rings. The van der Waals surface area contributed by atoms with Gasteiger partial charge in [0.25, 0.3) is 11.4 Å². The summed E-state index contributed by atoms with van der Waals surface area (Å²) in [6.45, 7) is 2.00. The highest BCUT2D eigenvalue weighted by atomic mass is 16.6. The summed E-state index contributed by atoms with van der Waals surface area (Å²) in [7, 11) is 0. The molecule has 0 saturated heterocycles. The number of nitro groups is 2. The van der Waals surface area contributed by atoms with Crippen molar-refractivity contribution in [1.82, 2.24) is 10.6 Å². The zero-order valence-electron chi connectivity index (χ0n) is 21.3. The van der Waals surface area contributed by atoms with Gasteiger partial charge in [0.2, 0.25) is 18.1 Å². The Morgan fingerprint density at radius 3 is 2.38 bits per heavy atom. The van der Waals surface area contributed by atoms with Gasteiger partial charge in [0.15, 0.2) is 0 Å². The smallest absolute Gasteiger partial charge is 0.299 e. The molecule has 0 aliphatic heterocycles. The van der Waals surface area contributed by atoms with Crippen molar-refractivity contribution in [1.29, 1.82) is 0 Å². The molecule has 2 amide bonds. The van der Waals surface area contributed by atoms with Crippen LogP contribution >= 0.6 is 0 Å².